The number of hydrogen-bond donors (Lipinski definition) is 0. The Bertz CT molecular complexity index is 360. The van der Waals surface area contributed by atoms with Gasteiger partial charge >= 0.3 is 0 Å². The Kier molecular flexibility index (Phi) is 3.52. The van der Waals surface area contributed by atoms with Gasteiger partial charge in [0.2, 0.25) is 0 Å². The maximum absolute atomic E-state index is 12.8. The van der Waals surface area contributed by atoms with Gasteiger partial charge in [0.25, 0.3) is 0 Å². The van der Waals surface area contributed by atoms with Crippen LogP contribution in [0.1, 0.15) is 5.56 Å². The smallest absolute Gasteiger partial charge is 0.187 e. The average molecular weight is 240 g/mol. The van der Waals surface area contributed by atoms with Crippen LogP contribution in [0.4, 0.5) is 4.39 Å². The molecule has 84 valence electrons. The van der Waals surface area contributed by atoms with Crippen LogP contribution in [0.15, 0.2) is 24.3 Å². The van der Waals surface area contributed by atoms with E-state index in [0.29, 0.717) is 18.1 Å². The highest BCUT2D eigenvalue weighted by Gasteiger charge is 2.40. The fourth-order valence-corrected chi connectivity index (χ4v) is 1.87. The second kappa shape index (κ2) is 4.74. The quantitative estimate of drug-likeness (QED) is 0.596. The Morgan fingerprint density at radius 2 is 2.12 bits per heavy atom. The molecule has 5 heteroatoms. The maximum atomic E-state index is 12.8. The van der Waals surface area contributed by atoms with E-state index in [9.17, 15) is 4.39 Å². The fraction of sp³-hybridized carbons (Fsp3) is 0.455. The lowest BCUT2D eigenvalue weighted by molar-refractivity contribution is -0.158. The summed E-state index contributed by atoms with van der Waals surface area (Å²) in [7, 11) is 5.67. The molecule has 0 saturated carbocycles. The lowest BCUT2D eigenvalue weighted by Crippen LogP contribution is -2.28. The molecule has 0 N–H and O–H groups in total. The van der Waals surface area contributed by atoms with E-state index < -0.39 is 5.79 Å². The summed E-state index contributed by atoms with van der Waals surface area (Å²) < 4.78 is 24.0. The summed E-state index contributed by atoms with van der Waals surface area (Å²) in [5.41, 5.74) is 0.712. The molecule has 2 atom stereocenters. The number of hydrogen-bond acceptors (Lipinski definition) is 2. The fourth-order valence-electron chi connectivity index (χ4n) is 1.72. The number of benzene rings is 1. The van der Waals surface area contributed by atoms with E-state index >= 15 is 0 Å². The van der Waals surface area contributed by atoms with E-state index in [0.717, 1.165) is 0 Å². The first kappa shape index (κ1) is 11.9. The molecule has 0 spiro atoms. The van der Waals surface area contributed by atoms with Gasteiger partial charge in [0.1, 0.15) is 5.82 Å². The van der Waals surface area contributed by atoms with Crippen LogP contribution in [-0.4, -0.2) is 26.4 Å². The van der Waals surface area contributed by atoms with E-state index in [1.54, 1.807) is 12.1 Å². The van der Waals surface area contributed by atoms with Gasteiger partial charge in [0.05, 0.1) is 26.4 Å². The highest BCUT2D eigenvalue weighted by molar-refractivity contribution is 6.18. The molecule has 1 aliphatic heterocycles. The second-order valence-electron chi connectivity index (χ2n) is 3.67. The van der Waals surface area contributed by atoms with Crippen LogP contribution in [0.2, 0.25) is 6.32 Å². The molecule has 2 nitrogen and oxygen atoms in total. The lowest BCUT2D eigenvalue weighted by Gasteiger charge is -2.27. The summed E-state index contributed by atoms with van der Waals surface area (Å²) in [4.78, 5) is 0. The van der Waals surface area contributed by atoms with Crippen molar-refractivity contribution in [1.29, 1.82) is 0 Å². The molecular formula is C11H11BClFO2. The Hall–Kier alpha value is -0.575. The number of rotatable bonds is 3. The van der Waals surface area contributed by atoms with Gasteiger partial charge in [-0.3, -0.25) is 0 Å². The summed E-state index contributed by atoms with van der Waals surface area (Å²) in [5, 5.41) is 0. The molecule has 1 saturated heterocycles. The molecule has 2 radical (unpaired) electrons. The zero-order valence-electron chi connectivity index (χ0n) is 8.66. The molecule has 1 fully saturated rings. The predicted molar refractivity (Wildman–Crippen MR) is 60.2 cm³/mol. The molecular weight excluding hydrogens is 229 g/mol. The van der Waals surface area contributed by atoms with Gasteiger partial charge in [0, 0.05) is 5.56 Å². The van der Waals surface area contributed by atoms with Crippen molar-refractivity contribution in [2.75, 3.05) is 12.5 Å². The average Bonchev–Trinajstić information content (AvgIpc) is 2.75. The summed E-state index contributed by atoms with van der Waals surface area (Å²) in [5.74, 6) is -0.932. The Morgan fingerprint density at radius 1 is 1.44 bits per heavy atom. The van der Waals surface area contributed by atoms with Crippen molar-refractivity contribution in [2.24, 2.45) is 0 Å². The van der Waals surface area contributed by atoms with Crippen LogP contribution in [0.3, 0.4) is 0 Å². The first-order valence-electron chi connectivity index (χ1n) is 5.04. The summed E-state index contributed by atoms with van der Waals surface area (Å²) in [6, 6.07) is 5.93. The zero-order valence-corrected chi connectivity index (χ0v) is 9.41. The first-order chi connectivity index (χ1) is 7.70. The Labute approximate surface area is 100 Å². The molecule has 0 amide bonds. The SMILES string of the molecule is [B]C[C@]1(c2ccc(F)cc2)OC[C@@H](CCl)O1. The first-order valence-corrected chi connectivity index (χ1v) is 5.57. The Morgan fingerprint density at radius 3 is 2.62 bits per heavy atom. The van der Waals surface area contributed by atoms with Crippen LogP contribution in [0, 0.1) is 5.82 Å². The van der Waals surface area contributed by atoms with E-state index in [1.807, 2.05) is 0 Å². The standard InChI is InChI=1S/C11H11BClFO2/c12-7-11(15-6-10(5-13)16-11)8-1-3-9(14)4-2-8/h1-4,10H,5-7H2/t10-,11+/m1/s1. The van der Waals surface area contributed by atoms with E-state index in [-0.39, 0.29) is 18.2 Å². The van der Waals surface area contributed by atoms with Crippen molar-refractivity contribution in [3.8, 4) is 0 Å². The highest BCUT2D eigenvalue weighted by atomic mass is 35.5. The molecule has 0 unspecified atom stereocenters. The van der Waals surface area contributed by atoms with E-state index in [1.165, 1.54) is 12.1 Å². The molecule has 16 heavy (non-hydrogen) atoms. The van der Waals surface area contributed by atoms with Crippen molar-refractivity contribution >= 4 is 19.4 Å². The van der Waals surface area contributed by atoms with Crippen LogP contribution in [0.5, 0.6) is 0 Å². The maximum Gasteiger partial charge on any atom is 0.187 e. The van der Waals surface area contributed by atoms with Gasteiger partial charge < -0.3 is 9.47 Å². The number of ether oxygens (including phenoxy) is 2. The minimum Gasteiger partial charge on any atom is -0.344 e. The van der Waals surface area contributed by atoms with Crippen LogP contribution < -0.4 is 0 Å². The minimum absolute atomic E-state index is 0.171. The summed E-state index contributed by atoms with van der Waals surface area (Å²) in [6.07, 6.45) is 0.00159. The minimum atomic E-state index is -0.979. The topological polar surface area (TPSA) is 18.5 Å². The van der Waals surface area contributed by atoms with Crippen molar-refractivity contribution in [3.63, 3.8) is 0 Å². The second-order valence-corrected chi connectivity index (χ2v) is 3.98. The number of halogens is 2. The third kappa shape index (κ3) is 2.10. The third-order valence-corrected chi connectivity index (χ3v) is 2.93. The van der Waals surface area contributed by atoms with Crippen molar-refractivity contribution in [2.45, 2.75) is 18.2 Å². The molecule has 1 aliphatic rings. The van der Waals surface area contributed by atoms with Crippen molar-refractivity contribution in [1.82, 2.24) is 0 Å². The molecule has 0 aromatic heterocycles. The number of alkyl halides is 1. The van der Waals surface area contributed by atoms with Crippen LogP contribution in [0.25, 0.3) is 0 Å². The lowest BCUT2D eigenvalue weighted by atomic mass is 9.90. The van der Waals surface area contributed by atoms with Crippen LogP contribution >= 0.6 is 11.6 Å². The summed E-state index contributed by atoms with van der Waals surface area (Å²) in [6.45, 7) is 0.401. The van der Waals surface area contributed by atoms with Gasteiger partial charge in [-0.25, -0.2) is 4.39 Å². The largest absolute Gasteiger partial charge is 0.344 e. The summed E-state index contributed by atoms with van der Waals surface area (Å²) >= 11 is 5.70. The molecule has 1 heterocycles. The Balaban J connectivity index is 2.25. The molecule has 0 bridgehead atoms. The predicted octanol–water partition coefficient (Wildman–Crippen LogP) is 2.22. The molecule has 2 rings (SSSR count). The zero-order chi connectivity index (χ0) is 11.6. The van der Waals surface area contributed by atoms with Crippen molar-refractivity contribution < 1.29 is 13.9 Å². The molecule has 1 aromatic carbocycles. The van der Waals surface area contributed by atoms with Gasteiger partial charge in [-0.2, -0.15) is 0 Å². The molecule has 1 aromatic rings. The van der Waals surface area contributed by atoms with Gasteiger partial charge in [-0.05, 0) is 18.5 Å². The highest BCUT2D eigenvalue weighted by Crippen LogP contribution is 2.37. The van der Waals surface area contributed by atoms with Crippen LogP contribution in [-0.2, 0) is 15.3 Å². The van der Waals surface area contributed by atoms with Gasteiger partial charge in [-0.15, -0.1) is 11.6 Å². The molecule has 0 aliphatic carbocycles. The van der Waals surface area contributed by atoms with Gasteiger partial charge in [0.15, 0.2) is 5.79 Å². The van der Waals surface area contributed by atoms with Crippen molar-refractivity contribution in [3.05, 3.63) is 35.6 Å². The van der Waals surface area contributed by atoms with Gasteiger partial charge in [-0.1, -0.05) is 12.1 Å². The van der Waals surface area contributed by atoms with E-state index in [4.69, 9.17) is 28.9 Å². The third-order valence-electron chi connectivity index (χ3n) is 2.58. The monoisotopic (exact) mass is 240 g/mol. The normalized spacial score (nSPS) is 29.5. The van der Waals surface area contributed by atoms with E-state index in [2.05, 4.69) is 0 Å².